The summed E-state index contributed by atoms with van der Waals surface area (Å²) in [6, 6.07) is 19.5. The van der Waals surface area contributed by atoms with Crippen LogP contribution in [0.5, 0.6) is 5.75 Å². The number of anilines is 1. The fraction of sp³-hybridized carbons (Fsp3) is 0.385. The van der Waals surface area contributed by atoms with Crippen LogP contribution in [0.2, 0.25) is 0 Å². The zero-order chi connectivity index (χ0) is 23.6. The first kappa shape index (κ1) is 23.5. The van der Waals surface area contributed by atoms with Crippen LogP contribution in [-0.4, -0.2) is 60.2 Å². The van der Waals surface area contributed by atoms with Crippen LogP contribution in [0.4, 0.5) is 5.69 Å². The Bertz CT molecular complexity index is 1230. The zero-order valence-corrected chi connectivity index (χ0v) is 20.7. The Morgan fingerprint density at radius 1 is 0.970 bits per heavy atom. The minimum atomic E-state index is -3.69. The van der Waals surface area contributed by atoms with Crippen molar-refractivity contribution in [3.05, 3.63) is 66.2 Å². The number of hydrogen-bond acceptors (Lipinski definition) is 5. The molecule has 0 radical (unpaired) electrons. The monoisotopic (exact) mass is 467 g/mol. The quantitative estimate of drug-likeness (QED) is 0.572. The average Bonchev–Trinajstić information content (AvgIpc) is 2.82. The molecule has 1 saturated heterocycles. The molecule has 0 aliphatic carbocycles. The maximum Gasteiger partial charge on any atom is 0.240 e. The van der Waals surface area contributed by atoms with Crippen LogP contribution in [0.3, 0.4) is 0 Å². The molecule has 3 aromatic carbocycles. The Morgan fingerprint density at radius 3 is 2.39 bits per heavy atom. The number of hydrogen-bond donors (Lipinski definition) is 1. The van der Waals surface area contributed by atoms with Gasteiger partial charge in [0.1, 0.15) is 5.75 Å². The van der Waals surface area contributed by atoms with Gasteiger partial charge in [0.05, 0.1) is 17.7 Å². The molecule has 7 heteroatoms. The van der Waals surface area contributed by atoms with Gasteiger partial charge in [-0.1, -0.05) is 56.3 Å². The van der Waals surface area contributed by atoms with Crippen molar-refractivity contribution in [1.82, 2.24) is 9.62 Å². The third-order valence-corrected chi connectivity index (χ3v) is 7.93. The molecule has 0 atom stereocenters. The number of methoxy groups -OCH3 is 1. The fourth-order valence-corrected chi connectivity index (χ4v) is 5.63. The summed E-state index contributed by atoms with van der Waals surface area (Å²) < 4.78 is 35.0. The summed E-state index contributed by atoms with van der Waals surface area (Å²) >= 11 is 0. The minimum absolute atomic E-state index is 0.256. The molecule has 1 aliphatic heterocycles. The van der Waals surface area contributed by atoms with Crippen molar-refractivity contribution >= 4 is 26.5 Å². The molecule has 1 heterocycles. The highest BCUT2D eigenvalue weighted by atomic mass is 32.2. The maximum atomic E-state index is 13.3. The molecule has 1 N–H and O–H groups in total. The van der Waals surface area contributed by atoms with E-state index in [1.807, 2.05) is 18.2 Å². The van der Waals surface area contributed by atoms with Gasteiger partial charge in [-0.2, -0.15) is 0 Å². The minimum Gasteiger partial charge on any atom is -0.495 e. The summed E-state index contributed by atoms with van der Waals surface area (Å²) in [7, 11) is 0.0191. The summed E-state index contributed by atoms with van der Waals surface area (Å²) in [5.74, 6) is 0.689. The van der Waals surface area contributed by atoms with Crippen LogP contribution in [0.1, 0.15) is 19.4 Å². The summed E-state index contributed by atoms with van der Waals surface area (Å²) in [4.78, 5) is 4.71. The highest BCUT2D eigenvalue weighted by Crippen LogP contribution is 2.33. The Morgan fingerprint density at radius 2 is 1.67 bits per heavy atom. The van der Waals surface area contributed by atoms with Crippen LogP contribution in [0.25, 0.3) is 10.8 Å². The van der Waals surface area contributed by atoms with Crippen LogP contribution in [0.15, 0.2) is 65.6 Å². The summed E-state index contributed by atoms with van der Waals surface area (Å²) in [5.41, 5.74) is 1.55. The van der Waals surface area contributed by atoms with Crippen molar-refractivity contribution in [1.29, 1.82) is 0 Å². The molecule has 0 spiro atoms. The highest BCUT2D eigenvalue weighted by molar-refractivity contribution is 7.89. The molecular weight excluding hydrogens is 434 g/mol. The van der Waals surface area contributed by atoms with Crippen LogP contribution in [0, 0.1) is 0 Å². The van der Waals surface area contributed by atoms with E-state index >= 15 is 0 Å². The van der Waals surface area contributed by atoms with Crippen molar-refractivity contribution < 1.29 is 13.2 Å². The van der Waals surface area contributed by atoms with E-state index in [1.54, 1.807) is 25.3 Å². The second-order valence-electron chi connectivity index (χ2n) is 9.36. The topological polar surface area (TPSA) is 61.9 Å². The second-order valence-corrected chi connectivity index (χ2v) is 11.1. The molecule has 33 heavy (non-hydrogen) atoms. The van der Waals surface area contributed by atoms with Gasteiger partial charge in [-0.3, -0.25) is 0 Å². The van der Waals surface area contributed by atoms with Crippen molar-refractivity contribution in [2.45, 2.75) is 24.2 Å². The number of fused-ring (bicyclic) bond motifs is 1. The van der Waals surface area contributed by atoms with Gasteiger partial charge in [0, 0.05) is 38.1 Å². The molecule has 0 saturated carbocycles. The number of benzene rings is 3. The lowest BCUT2D eigenvalue weighted by molar-refractivity contribution is 0.311. The van der Waals surface area contributed by atoms with Gasteiger partial charge in [-0.25, -0.2) is 13.1 Å². The molecule has 1 aliphatic rings. The molecule has 6 nitrogen and oxygen atoms in total. The SMILES string of the molecule is COc1ccc(S(=O)(=O)NCC(C)(C)c2cccc3ccccc23)cc1N1CCN(C)CC1. The Balaban J connectivity index is 1.58. The lowest BCUT2D eigenvalue weighted by atomic mass is 9.82. The van der Waals surface area contributed by atoms with Crippen molar-refractivity contribution in [2.75, 3.05) is 51.8 Å². The lowest BCUT2D eigenvalue weighted by Gasteiger charge is -2.35. The largest absolute Gasteiger partial charge is 0.495 e. The Kier molecular flexibility index (Phi) is 6.66. The van der Waals surface area contributed by atoms with E-state index in [0.29, 0.717) is 12.3 Å². The molecule has 0 unspecified atom stereocenters. The number of ether oxygens (including phenoxy) is 1. The van der Waals surface area contributed by atoms with Gasteiger partial charge in [0.25, 0.3) is 0 Å². The first-order chi connectivity index (χ1) is 15.7. The maximum absolute atomic E-state index is 13.3. The van der Waals surface area contributed by atoms with E-state index in [2.05, 4.69) is 59.7 Å². The molecule has 4 rings (SSSR count). The first-order valence-corrected chi connectivity index (χ1v) is 12.8. The predicted molar refractivity (Wildman–Crippen MR) is 135 cm³/mol. The van der Waals surface area contributed by atoms with Crippen molar-refractivity contribution in [3.8, 4) is 5.75 Å². The van der Waals surface area contributed by atoms with E-state index in [9.17, 15) is 8.42 Å². The lowest BCUT2D eigenvalue weighted by Crippen LogP contribution is -2.44. The zero-order valence-electron chi connectivity index (χ0n) is 19.8. The Hall–Kier alpha value is -2.61. The first-order valence-electron chi connectivity index (χ1n) is 11.3. The number of sulfonamides is 1. The van der Waals surface area contributed by atoms with Gasteiger partial charge >= 0.3 is 0 Å². The molecule has 0 bridgehead atoms. The van der Waals surface area contributed by atoms with Gasteiger partial charge < -0.3 is 14.5 Å². The molecule has 0 amide bonds. The predicted octanol–water partition coefficient (Wildman–Crippen LogP) is 3.86. The van der Waals surface area contributed by atoms with E-state index in [0.717, 1.165) is 48.2 Å². The molecule has 176 valence electrons. The number of nitrogens with one attached hydrogen (secondary N) is 1. The van der Waals surface area contributed by atoms with Crippen LogP contribution in [-0.2, 0) is 15.4 Å². The highest BCUT2D eigenvalue weighted by Gasteiger charge is 2.27. The van der Waals surface area contributed by atoms with Crippen LogP contribution < -0.4 is 14.4 Å². The van der Waals surface area contributed by atoms with E-state index < -0.39 is 10.0 Å². The van der Waals surface area contributed by atoms with E-state index in [4.69, 9.17) is 4.74 Å². The number of piperazine rings is 1. The second kappa shape index (κ2) is 9.33. The van der Waals surface area contributed by atoms with Crippen LogP contribution >= 0.6 is 0 Å². The van der Waals surface area contributed by atoms with Gasteiger partial charge in [0.2, 0.25) is 10.0 Å². The van der Waals surface area contributed by atoms with Crippen molar-refractivity contribution in [2.24, 2.45) is 0 Å². The van der Waals surface area contributed by atoms with E-state index in [1.165, 1.54) is 0 Å². The summed E-state index contributed by atoms with van der Waals surface area (Å²) in [5, 5.41) is 2.30. The average molecular weight is 468 g/mol. The van der Waals surface area contributed by atoms with Gasteiger partial charge in [0.15, 0.2) is 0 Å². The molecule has 3 aromatic rings. The van der Waals surface area contributed by atoms with Gasteiger partial charge in [-0.05, 0) is 41.6 Å². The standard InChI is InChI=1S/C26H33N3O3S/c1-26(2,23-11-7-9-20-8-5-6-10-22(20)23)19-27-33(30,31)21-12-13-25(32-4)24(18-21)29-16-14-28(3)15-17-29/h5-13,18,27H,14-17,19H2,1-4H3. The number of rotatable bonds is 7. The molecular formula is C26H33N3O3S. The normalized spacial score (nSPS) is 15.7. The summed E-state index contributed by atoms with van der Waals surface area (Å²) in [6.07, 6.45) is 0. The fourth-order valence-electron chi connectivity index (χ4n) is 4.40. The molecule has 0 aromatic heterocycles. The summed E-state index contributed by atoms with van der Waals surface area (Å²) in [6.45, 7) is 7.95. The molecule has 1 fully saturated rings. The number of likely N-dealkylation sites (N-methyl/N-ethyl adjacent to an activating group) is 1. The third-order valence-electron chi connectivity index (χ3n) is 6.53. The Labute approximate surface area is 197 Å². The van der Waals surface area contributed by atoms with Crippen molar-refractivity contribution in [3.63, 3.8) is 0 Å². The third kappa shape index (κ3) is 5.00. The number of nitrogens with zero attached hydrogens (tertiary/aromatic N) is 2. The van der Waals surface area contributed by atoms with E-state index in [-0.39, 0.29) is 10.3 Å². The smallest absolute Gasteiger partial charge is 0.240 e. The van der Waals surface area contributed by atoms with Gasteiger partial charge in [-0.15, -0.1) is 0 Å².